The second-order valence-electron chi connectivity index (χ2n) is 3.61. The van der Waals surface area contributed by atoms with E-state index in [1.165, 1.54) is 10.8 Å². The van der Waals surface area contributed by atoms with Gasteiger partial charge in [0, 0.05) is 24.7 Å². The van der Waals surface area contributed by atoms with Crippen LogP contribution in [-0.4, -0.2) is 31.9 Å². The molecule has 18 heavy (non-hydrogen) atoms. The van der Waals surface area contributed by atoms with E-state index in [0.717, 1.165) is 0 Å². The molecule has 2 N–H and O–H groups in total. The Hall–Kier alpha value is -2.48. The minimum absolute atomic E-state index is 0.0637. The normalized spacial score (nSPS) is 18.8. The lowest BCUT2D eigenvalue weighted by Gasteiger charge is -2.21. The molecule has 1 aromatic rings. The van der Waals surface area contributed by atoms with Crippen LogP contribution in [0.3, 0.4) is 0 Å². The van der Waals surface area contributed by atoms with E-state index in [0.29, 0.717) is 5.82 Å². The highest BCUT2D eigenvalue weighted by Crippen LogP contribution is 2.13. The molecule has 1 aliphatic heterocycles. The summed E-state index contributed by atoms with van der Waals surface area (Å²) in [4.78, 5) is 19.8. The molecule has 1 unspecified atom stereocenters. The number of aliphatic imine (C=N–C) groups is 1. The van der Waals surface area contributed by atoms with Crippen molar-refractivity contribution in [1.82, 2.24) is 14.5 Å². The summed E-state index contributed by atoms with van der Waals surface area (Å²) in [6, 6.07) is 0. The summed E-state index contributed by atoms with van der Waals surface area (Å²) in [5.41, 5.74) is 5.72. The van der Waals surface area contributed by atoms with E-state index in [1.807, 2.05) is 0 Å². The Kier molecular flexibility index (Phi) is 3.20. The smallest absolute Gasteiger partial charge is 0.342 e. The van der Waals surface area contributed by atoms with Gasteiger partial charge in [-0.05, 0) is 11.0 Å². The van der Waals surface area contributed by atoms with Crippen molar-refractivity contribution < 1.29 is 4.92 Å². The van der Waals surface area contributed by atoms with E-state index in [-0.39, 0.29) is 5.82 Å². The first-order valence-corrected chi connectivity index (χ1v) is 5.17. The van der Waals surface area contributed by atoms with Crippen molar-refractivity contribution in [2.45, 2.75) is 6.29 Å². The Bertz CT molecular complexity index is 545. The number of hydrogen-bond donors (Lipinski definition) is 1. The van der Waals surface area contributed by atoms with Gasteiger partial charge in [0.1, 0.15) is 6.20 Å². The SMILES string of the molecule is Cn1c([N+](=O)[O-])cnc1C=CN1C=CC=NC1N. The second-order valence-corrected chi connectivity index (χ2v) is 3.61. The molecular weight excluding hydrogens is 236 g/mol. The average Bonchev–Trinajstić information content (AvgIpc) is 2.70. The van der Waals surface area contributed by atoms with Crippen LogP contribution in [0.4, 0.5) is 5.82 Å². The third-order valence-corrected chi connectivity index (χ3v) is 2.47. The van der Waals surface area contributed by atoms with Gasteiger partial charge in [-0.1, -0.05) is 0 Å². The molecule has 0 amide bonds. The molecular formula is C10H12N6O2. The quantitative estimate of drug-likeness (QED) is 0.617. The van der Waals surface area contributed by atoms with Crippen LogP contribution in [-0.2, 0) is 7.05 Å². The molecule has 0 aliphatic carbocycles. The maximum absolute atomic E-state index is 10.7. The Labute approximate surface area is 103 Å². The van der Waals surface area contributed by atoms with E-state index in [1.54, 1.807) is 42.7 Å². The predicted octanol–water partition coefficient (Wildman–Crippen LogP) is 0.441. The first-order chi connectivity index (χ1) is 8.59. The van der Waals surface area contributed by atoms with Gasteiger partial charge in [0.15, 0.2) is 6.29 Å². The first-order valence-electron chi connectivity index (χ1n) is 5.17. The van der Waals surface area contributed by atoms with Gasteiger partial charge in [0.05, 0.1) is 7.05 Å². The highest BCUT2D eigenvalue weighted by Gasteiger charge is 2.14. The van der Waals surface area contributed by atoms with Crippen molar-refractivity contribution in [3.05, 3.63) is 40.6 Å². The third kappa shape index (κ3) is 2.28. The average molecular weight is 248 g/mol. The summed E-state index contributed by atoms with van der Waals surface area (Å²) in [7, 11) is 1.58. The van der Waals surface area contributed by atoms with Crippen LogP contribution in [0.1, 0.15) is 5.82 Å². The number of imidazole rings is 1. The van der Waals surface area contributed by atoms with Crippen LogP contribution in [0, 0.1) is 10.1 Å². The van der Waals surface area contributed by atoms with Crippen molar-refractivity contribution in [3.63, 3.8) is 0 Å². The molecule has 8 nitrogen and oxygen atoms in total. The van der Waals surface area contributed by atoms with Crippen LogP contribution in [0.2, 0.25) is 0 Å². The third-order valence-electron chi connectivity index (χ3n) is 2.47. The van der Waals surface area contributed by atoms with E-state index < -0.39 is 11.2 Å². The minimum atomic E-state index is -0.485. The first kappa shape index (κ1) is 12.0. The van der Waals surface area contributed by atoms with Crippen LogP contribution in [0.5, 0.6) is 0 Å². The van der Waals surface area contributed by atoms with Crippen LogP contribution >= 0.6 is 0 Å². The van der Waals surface area contributed by atoms with Gasteiger partial charge in [-0.25, -0.2) is 9.55 Å². The Morgan fingerprint density at radius 1 is 1.61 bits per heavy atom. The van der Waals surface area contributed by atoms with E-state index >= 15 is 0 Å². The zero-order chi connectivity index (χ0) is 13.1. The highest BCUT2D eigenvalue weighted by molar-refractivity contribution is 5.72. The topological polar surface area (TPSA) is 103 Å². The van der Waals surface area contributed by atoms with Gasteiger partial charge in [-0.15, -0.1) is 0 Å². The van der Waals surface area contributed by atoms with Gasteiger partial charge >= 0.3 is 5.82 Å². The lowest BCUT2D eigenvalue weighted by atomic mass is 10.4. The van der Waals surface area contributed by atoms with Gasteiger partial charge < -0.3 is 15.0 Å². The summed E-state index contributed by atoms with van der Waals surface area (Å²) in [6.07, 6.45) is 9.15. The fourth-order valence-corrected chi connectivity index (χ4v) is 1.47. The molecule has 0 saturated heterocycles. The summed E-state index contributed by atoms with van der Waals surface area (Å²) in [5, 5.41) is 10.7. The molecule has 1 aliphatic rings. The zero-order valence-electron chi connectivity index (χ0n) is 9.67. The predicted molar refractivity (Wildman–Crippen MR) is 66.3 cm³/mol. The molecule has 0 fully saturated rings. The van der Waals surface area contributed by atoms with E-state index in [4.69, 9.17) is 5.73 Å². The minimum Gasteiger partial charge on any atom is -0.358 e. The lowest BCUT2D eigenvalue weighted by Crippen LogP contribution is -2.34. The highest BCUT2D eigenvalue weighted by atomic mass is 16.6. The van der Waals surface area contributed by atoms with Gasteiger partial charge in [0.25, 0.3) is 0 Å². The van der Waals surface area contributed by atoms with Crippen LogP contribution in [0.25, 0.3) is 6.08 Å². The number of rotatable bonds is 3. The molecule has 0 bridgehead atoms. The van der Waals surface area contributed by atoms with Crippen LogP contribution < -0.4 is 5.73 Å². The number of allylic oxidation sites excluding steroid dienone is 1. The van der Waals surface area contributed by atoms with Crippen molar-refractivity contribution in [1.29, 1.82) is 0 Å². The number of nitrogens with zero attached hydrogens (tertiary/aromatic N) is 5. The molecule has 1 aromatic heterocycles. The molecule has 94 valence electrons. The molecule has 0 aromatic carbocycles. The Balaban J connectivity index is 2.17. The molecule has 0 saturated carbocycles. The fraction of sp³-hybridized carbons (Fsp3) is 0.200. The van der Waals surface area contributed by atoms with Gasteiger partial charge in [-0.2, -0.15) is 0 Å². The van der Waals surface area contributed by atoms with Crippen molar-refractivity contribution in [2.75, 3.05) is 0 Å². The van der Waals surface area contributed by atoms with Gasteiger partial charge in [-0.3, -0.25) is 10.7 Å². The standard InChI is InChI=1S/C10H12N6O2/c1-14-8(13-7-9(14)16(17)18)3-6-15-5-2-4-12-10(15)11/h2-7,10H,11H2,1H3. The number of nitrogens with two attached hydrogens (primary N) is 1. The number of nitro groups is 1. The largest absolute Gasteiger partial charge is 0.358 e. The van der Waals surface area contributed by atoms with Crippen molar-refractivity contribution in [2.24, 2.45) is 17.8 Å². The summed E-state index contributed by atoms with van der Waals surface area (Å²) in [6.45, 7) is 0. The molecule has 8 heteroatoms. The number of aromatic nitrogens is 2. The monoisotopic (exact) mass is 248 g/mol. The molecule has 2 rings (SSSR count). The van der Waals surface area contributed by atoms with Crippen molar-refractivity contribution in [3.8, 4) is 0 Å². The van der Waals surface area contributed by atoms with E-state index in [2.05, 4.69) is 9.98 Å². The number of hydrogen-bond acceptors (Lipinski definition) is 6. The van der Waals surface area contributed by atoms with Crippen molar-refractivity contribution >= 4 is 18.1 Å². The summed E-state index contributed by atoms with van der Waals surface area (Å²) in [5.74, 6) is 0.406. The molecule has 2 heterocycles. The van der Waals surface area contributed by atoms with Crippen LogP contribution in [0.15, 0.2) is 29.7 Å². The molecule has 0 radical (unpaired) electrons. The summed E-state index contributed by atoms with van der Waals surface area (Å²) >= 11 is 0. The fourth-order valence-electron chi connectivity index (χ4n) is 1.47. The lowest BCUT2D eigenvalue weighted by molar-refractivity contribution is -0.391. The molecule has 1 atom stereocenters. The summed E-state index contributed by atoms with van der Waals surface area (Å²) < 4.78 is 1.39. The Morgan fingerprint density at radius 2 is 2.39 bits per heavy atom. The molecule has 0 spiro atoms. The second kappa shape index (κ2) is 4.80. The Morgan fingerprint density at radius 3 is 3.00 bits per heavy atom. The zero-order valence-corrected chi connectivity index (χ0v) is 9.67. The van der Waals surface area contributed by atoms with Gasteiger partial charge in [0.2, 0.25) is 5.82 Å². The maximum Gasteiger partial charge on any atom is 0.342 e. The maximum atomic E-state index is 10.7. The van der Waals surface area contributed by atoms with E-state index in [9.17, 15) is 10.1 Å².